The predicted molar refractivity (Wildman–Crippen MR) is 90.0 cm³/mol. The molecule has 4 nitrogen and oxygen atoms in total. The number of nitrogens with zero attached hydrogens (tertiary/aromatic N) is 1. The summed E-state index contributed by atoms with van der Waals surface area (Å²) in [5.74, 6) is 0.458. The van der Waals surface area contributed by atoms with Gasteiger partial charge >= 0.3 is 0 Å². The van der Waals surface area contributed by atoms with Gasteiger partial charge in [0.2, 0.25) is 5.91 Å². The summed E-state index contributed by atoms with van der Waals surface area (Å²) in [5, 5.41) is 2.97. The van der Waals surface area contributed by atoms with Gasteiger partial charge in [-0.1, -0.05) is 18.6 Å². The average Bonchev–Trinajstić information content (AvgIpc) is 3.10. The van der Waals surface area contributed by atoms with Gasteiger partial charge in [-0.05, 0) is 55.8 Å². The first kappa shape index (κ1) is 16.7. The van der Waals surface area contributed by atoms with Crippen LogP contribution in [0.3, 0.4) is 0 Å². The second-order valence-electron chi connectivity index (χ2n) is 6.24. The lowest BCUT2D eigenvalue weighted by atomic mass is 10.1. The smallest absolute Gasteiger partial charge is 0.224 e. The number of benzene rings is 1. The van der Waals surface area contributed by atoms with Crippen molar-refractivity contribution in [2.45, 2.75) is 31.7 Å². The van der Waals surface area contributed by atoms with Gasteiger partial charge in [0.25, 0.3) is 0 Å². The van der Waals surface area contributed by atoms with Crippen molar-refractivity contribution in [1.82, 2.24) is 10.2 Å². The maximum atomic E-state index is 13.2. The van der Waals surface area contributed by atoms with E-state index in [-0.39, 0.29) is 24.2 Å². The highest BCUT2D eigenvalue weighted by molar-refractivity contribution is 5.78. The van der Waals surface area contributed by atoms with Crippen LogP contribution < -0.4 is 5.32 Å². The van der Waals surface area contributed by atoms with Crippen LogP contribution >= 0.6 is 0 Å². The number of likely N-dealkylation sites (tertiary alicyclic amines) is 1. The van der Waals surface area contributed by atoms with Gasteiger partial charge in [0, 0.05) is 6.54 Å². The van der Waals surface area contributed by atoms with E-state index in [1.165, 1.54) is 31.4 Å². The molecule has 1 saturated heterocycles. The maximum Gasteiger partial charge on any atom is 0.224 e. The molecule has 0 radical (unpaired) electrons. The van der Waals surface area contributed by atoms with Gasteiger partial charge in [-0.2, -0.15) is 0 Å². The number of carbonyl (C=O) groups excluding carboxylic acids is 1. The largest absolute Gasteiger partial charge is 0.468 e. The zero-order valence-corrected chi connectivity index (χ0v) is 13.7. The van der Waals surface area contributed by atoms with Gasteiger partial charge in [0.15, 0.2) is 0 Å². The van der Waals surface area contributed by atoms with Crippen LogP contribution in [0.25, 0.3) is 0 Å². The van der Waals surface area contributed by atoms with Crippen LogP contribution in [0.2, 0.25) is 0 Å². The van der Waals surface area contributed by atoms with Crippen molar-refractivity contribution in [3.05, 3.63) is 59.8 Å². The molecule has 1 N–H and O–H groups in total. The molecule has 1 aromatic carbocycles. The van der Waals surface area contributed by atoms with Crippen LogP contribution in [0.15, 0.2) is 47.1 Å². The number of piperidine rings is 1. The van der Waals surface area contributed by atoms with Crippen LogP contribution in [-0.2, 0) is 11.2 Å². The monoisotopic (exact) mass is 330 g/mol. The van der Waals surface area contributed by atoms with Crippen molar-refractivity contribution >= 4 is 5.91 Å². The van der Waals surface area contributed by atoms with Gasteiger partial charge in [0.1, 0.15) is 11.6 Å². The van der Waals surface area contributed by atoms with E-state index in [1.807, 2.05) is 12.1 Å². The Balaban J connectivity index is 1.59. The lowest BCUT2D eigenvalue weighted by molar-refractivity contribution is -0.120. The molecule has 0 saturated carbocycles. The quantitative estimate of drug-likeness (QED) is 0.884. The molecule has 2 heterocycles. The number of rotatable bonds is 6. The first-order valence-electron chi connectivity index (χ1n) is 8.51. The van der Waals surface area contributed by atoms with Crippen molar-refractivity contribution in [2.24, 2.45) is 0 Å². The third kappa shape index (κ3) is 4.45. The molecule has 0 spiro atoms. The van der Waals surface area contributed by atoms with Crippen molar-refractivity contribution in [3.63, 3.8) is 0 Å². The highest BCUT2D eigenvalue weighted by Crippen LogP contribution is 2.24. The molecule has 128 valence electrons. The second-order valence-corrected chi connectivity index (χ2v) is 6.24. The molecular formula is C19H23FN2O2. The highest BCUT2D eigenvalue weighted by Gasteiger charge is 2.24. The number of nitrogens with one attached hydrogen (secondary N) is 1. The molecule has 2 aromatic rings. The fraction of sp³-hybridized carbons (Fsp3) is 0.421. The first-order chi connectivity index (χ1) is 11.7. The van der Waals surface area contributed by atoms with E-state index in [2.05, 4.69) is 10.2 Å². The fourth-order valence-corrected chi connectivity index (χ4v) is 3.23. The standard InChI is InChI=1S/C19H23FN2O2/c20-16-7-4-6-15(12-16)13-19(23)21-14-17(18-8-5-11-24-18)22-9-2-1-3-10-22/h4-8,11-12,17H,1-3,9-10,13-14H2,(H,21,23). The molecule has 1 atom stereocenters. The predicted octanol–water partition coefficient (Wildman–Crippen LogP) is 3.30. The van der Waals surface area contributed by atoms with E-state index in [0.29, 0.717) is 12.1 Å². The minimum absolute atomic E-state index is 0.0526. The Bertz CT molecular complexity index is 651. The number of halogens is 1. The van der Waals surface area contributed by atoms with Gasteiger partial charge < -0.3 is 9.73 Å². The van der Waals surface area contributed by atoms with Gasteiger partial charge in [0.05, 0.1) is 18.7 Å². The zero-order chi connectivity index (χ0) is 16.8. The Morgan fingerprint density at radius 1 is 1.21 bits per heavy atom. The molecule has 1 aliphatic rings. The summed E-state index contributed by atoms with van der Waals surface area (Å²) in [5.41, 5.74) is 0.681. The lowest BCUT2D eigenvalue weighted by Crippen LogP contribution is -2.40. The van der Waals surface area contributed by atoms with E-state index in [0.717, 1.165) is 18.8 Å². The Hall–Kier alpha value is -2.14. The Kier molecular flexibility index (Phi) is 5.64. The molecule has 1 unspecified atom stereocenters. The number of hydrogen-bond acceptors (Lipinski definition) is 3. The average molecular weight is 330 g/mol. The van der Waals surface area contributed by atoms with Crippen LogP contribution in [0.5, 0.6) is 0 Å². The molecule has 0 bridgehead atoms. The zero-order valence-electron chi connectivity index (χ0n) is 13.7. The molecule has 1 aliphatic heterocycles. The summed E-state index contributed by atoms with van der Waals surface area (Å²) < 4.78 is 18.8. The van der Waals surface area contributed by atoms with Crippen LogP contribution in [0.4, 0.5) is 4.39 Å². The highest BCUT2D eigenvalue weighted by atomic mass is 19.1. The molecular weight excluding hydrogens is 307 g/mol. The maximum absolute atomic E-state index is 13.2. The summed E-state index contributed by atoms with van der Waals surface area (Å²) in [4.78, 5) is 14.6. The molecule has 3 rings (SSSR count). The Labute approximate surface area is 141 Å². The van der Waals surface area contributed by atoms with Crippen molar-refractivity contribution in [3.8, 4) is 0 Å². The normalized spacial score (nSPS) is 16.7. The summed E-state index contributed by atoms with van der Waals surface area (Å²) in [6, 6.07) is 10.0. The van der Waals surface area contributed by atoms with E-state index < -0.39 is 0 Å². The molecule has 5 heteroatoms. The Morgan fingerprint density at radius 2 is 2.04 bits per heavy atom. The van der Waals surface area contributed by atoms with E-state index in [1.54, 1.807) is 18.4 Å². The second kappa shape index (κ2) is 8.11. The first-order valence-corrected chi connectivity index (χ1v) is 8.51. The van der Waals surface area contributed by atoms with Crippen LogP contribution in [0, 0.1) is 5.82 Å². The summed E-state index contributed by atoms with van der Waals surface area (Å²) in [6.07, 6.45) is 5.46. The molecule has 1 amide bonds. The summed E-state index contributed by atoms with van der Waals surface area (Å²) >= 11 is 0. The number of furan rings is 1. The van der Waals surface area contributed by atoms with Crippen molar-refractivity contribution < 1.29 is 13.6 Å². The van der Waals surface area contributed by atoms with Crippen molar-refractivity contribution in [1.29, 1.82) is 0 Å². The van der Waals surface area contributed by atoms with Crippen LogP contribution in [0.1, 0.15) is 36.6 Å². The topological polar surface area (TPSA) is 45.5 Å². The molecule has 0 aliphatic carbocycles. The molecule has 1 aromatic heterocycles. The minimum Gasteiger partial charge on any atom is -0.468 e. The van der Waals surface area contributed by atoms with Gasteiger partial charge in [-0.15, -0.1) is 0 Å². The molecule has 1 fully saturated rings. The third-order valence-electron chi connectivity index (χ3n) is 4.45. The van der Waals surface area contributed by atoms with Gasteiger partial charge in [-0.3, -0.25) is 9.69 Å². The fourth-order valence-electron chi connectivity index (χ4n) is 3.23. The number of hydrogen-bond donors (Lipinski definition) is 1. The SMILES string of the molecule is O=C(Cc1cccc(F)c1)NCC(c1ccco1)N1CCCCC1. The summed E-state index contributed by atoms with van der Waals surface area (Å²) in [6.45, 7) is 2.54. The molecule has 24 heavy (non-hydrogen) atoms. The van der Waals surface area contributed by atoms with Crippen molar-refractivity contribution in [2.75, 3.05) is 19.6 Å². The number of carbonyl (C=O) groups is 1. The Morgan fingerprint density at radius 3 is 2.75 bits per heavy atom. The van der Waals surface area contributed by atoms with E-state index in [9.17, 15) is 9.18 Å². The third-order valence-corrected chi connectivity index (χ3v) is 4.45. The minimum atomic E-state index is -0.318. The lowest BCUT2D eigenvalue weighted by Gasteiger charge is -2.33. The van der Waals surface area contributed by atoms with Gasteiger partial charge in [-0.25, -0.2) is 4.39 Å². The van der Waals surface area contributed by atoms with E-state index >= 15 is 0 Å². The summed E-state index contributed by atoms with van der Waals surface area (Å²) in [7, 11) is 0. The van der Waals surface area contributed by atoms with E-state index in [4.69, 9.17) is 4.42 Å². The number of amides is 1. The van der Waals surface area contributed by atoms with Crippen LogP contribution in [-0.4, -0.2) is 30.4 Å².